The summed E-state index contributed by atoms with van der Waals surface area (Å²) in [4.78, 5) is 26.1. The van der Waals surface area contributed by atoms with Crippen molar-refractivity contribution in [3.05, 3.63) is 23.5 Å². The van der Waals surface area contributed by atoms with Gasteiger partial charge in [-0.3, -0.25) is 4.79 Å². The number of methoxy groups -OCH3 is 1. The molecule has 0 aliphatic rings. The summed E-state index contributed by atoms with van der Waals surface area (Å²) in [7, 11) is 1.33. The van der Waals surface area contributed by atoms with E-state index in [1.807, 2.05) is 0 Å². The highest BCUT2D eigenvalue weighted by Gasteiger charge is 2.12. The first-order valence-corrected chi connectivity index (χ1v) is 8.49. The minimum Gasteiger partial charge on any atom is -0.464 e. The van der Waals surface area contributed by atoms with Crippen LogP contribution in [0.2, 0.25) is 0 Å². The highest BCUT2D eigenvalue weighted by molar-refractivity contribution is 5.98. The van der Waals surface area contributed by atoms with Crippen molar-refractivity contribution in [3.63, 3.8) is 0 Å². The summed E-state index contributed by atoms with van der Waals surface area (Å²) in [5.41, 5.74) is 0.901. The fourth-order valence-corrected chi connectivity index (χ4v) is 2.52. The van der Waals surface area contributed by atoms with Gasteiger partial charge in [0.15, 0.2) is 5.78 Å². The molecular formula is C18H29NO3. The number of ether oxygens (including phenoxy) is 1. The zero-order valence-electron chi connectivity index (χ0n) is 14.0. The number of hydrogen-bond acceptors (Lipinski definition) is 3. The van der Waals surface area contributed by atoms with Crippen LogP contribution >= 0.6 is 0 Å². The van der Waals surface area contributed by atoms with E-state index < -0.39 is 5.97 Å². The predicted octanol–water partition coefficient (Wildman–Crippen LogP) is 4.90. The van der Waals surface area contributed by atoms with Crippen molar-refractivity contribution in [1.82, 2.24) is 4.98 Å². The molecule has 1 rings (SSSR count). The maximum Gasteiger partial charge on any atom is 0.354 e. The van der Waals surface area contributed by atoms with Crippen LogP contribution in [0.25, 0.3) is 0 Å². The van der Waals surface area contributed by atoms with Crippen LogP contribution in [0, 0.1) is 0 Å². The number of carbonyl (C=O) groups is 2. The van der Waals surface area contributed by atoms with Crippen molar-refractivity contribution in [1.29, 1.82) is 0 Å². The van der Waals surface area contributed by atoms with Gasteiger partial charge in [0.1, 0.15) is 5.69 Å². The number of aromatic nitrogens is 1. The largest absolute Gasteiger partial charge is 0.464 e. The summed E-state index contributed by atoms with van der Waals surface area (Å²) in [6, 6.07) is 1.57. The molecule has 0 aromatic carbocycles. The van der Waals surface area contributed by atoms with Crippen molar-refractivity contribution in [2.24, 2.45) is 0 Å². The molecule has 4 nitrogen and oxygen atoms in total. The van der Waals surface area contributed by atoms with E-state index >= 15 is 0 Å². The molecule has 1 heterocycles. The number of rotatable bonds is 12. The predicted molar refractivity (Wildman–Crippen MR) is 88.3 cm³/mol. The van der Waals surface area contributed by atoms with Gasteiger partial charge in [-0.15, -0.1) is 0 Å². The lowest BCUT2D eigenvalue weighted by Gasteiger charge is -2.01. The van der Waals surface area contributed by atoms with Crippen molar-refractivity contribution >= 4 is 11.8 Å². The number of esters is 1. The Balaban J connectivity index is 2.11. The number of hydrogen-bond donors (Lipinski definition) is 1. The van der Waals surface area contributed by atoms with E-state index in [1.54, 1.807) is 12.3 Å². The van der Waals surface area contributed by atoms with E-state index in [1.165, 1.54) is 52.1 Å². The van der Waals surface area contributed by atoms with Crippen LogP contribution in [-0.2, 0) is 4.74 Å². The summed E-state index contributed by atoms with van der Waals surface area (Å²) in [6.07, 6.45) is 13.3. The van der Waals surface area contributed by atoms with Gasteiger partial charge in [-0.2, -0.15) is 0 Å². The highest BCUT2D eigenvalue weighted by atomic mass is 16.5. The molecule has 0 aliphatic heterocycles. The zero-order chi connectivity index (χ0) is 16.2. The van der Waals surface area contributed by atoms with Gasteiger partial charge in [0.25, 0.3) is 0 Å². The second kappa shape index (κ2) is 11.0. The monoisotopic (exact) mass is 307 g/mol. The van der Waals surface area contributed by atoms with Gasteiger partial charge in [-0.25, -0.2) is 4.79 Å². The van der Waals surface area contributed by atoms with Crippen molar-refractivity contribution in [2.75, 3.05) is 7.11 Å². The fraction of sp³-hybridized carbons (Fsp3) is 0.667. The first-order valence-electron chi connectivity index (χ1n) is 8.49. The first kappa shape index (κ1) is 18.5. The Morgan fingerprint density at radius 1 is 1.00 bits per heavy atom. The van der Waals surface area contributed by atoms with Gasteiger partial charge >= 0.3 is 5.97 Å². The van der Waals surface area contributed by atoms with Crippen molar-refractivity contribution in [3.8, 4) is 0 Å². The number of H-pyrrole nitrogens is 1. The van der Waals surface area contributed by atoms with Gasteiger partial charge in [-0.1, -0.05) is 58.3 Å². The van der Waals surface area contributed by atoms with Crippen LogP contribution in [0.1, 0.15) is 92.0 Å². The Labute approximate surface area is 133 Å². The Morgan fingerprint density at radius 2 is 1.59 bits per heavy atom. The van der Waals surface area contributed by atoms with Crippen LogP contribution in [0.5, 0.6) is 0 Å². The number of Topliss-reactive ketones (excluding diaryl/α,β-unsaturated/α-hetero) is 1. The van der Waals surface area contributed by atoms with E-state index in [9.17, 15) is 9.59 Å². The molecular weight excluding hydrogens is 278 g/mol. The highest BCUT2D eigenvalue weighted by Crippen LogP contribution is 2.13. The van der Waals surface area contributed by atoms with Crippen molar-refractivity contribution < 1.29 is 14.3 Å². The minimum atomic E-state index is -0.442. The molecule has 0 fully saturated rings. The second-order valence-corrected chi connectivity index (χ2v) is 5.80. The smallest absolute Gasteiger partial charge is 0.354 e. The second-order valence-electron chi connectivity index (χ2n) is 5.80. The van der Waals surface area contributed by atoms with Crippen LogP contribution < -0.4 is 0 Å². The van der Waals surface area contributed by atoms with E-state index in [4.69, 9.17) is 0 Å². The Bertz CT molecular complexity index is 451. The van der Waals surface area contributed by atoms with Crippen LogP contribution in [0.3, 0.4) is 0 Å². The molecule has 124 valence electrons. The number of nitrogens with one attached hydrogen (secondary N) is 1. The van der Waals surface area contributed by atoms with Crippen LogP contribution in [0.15, 0.2) is 12.3 Å². The molecule has 1 N–H and O–H groups in total. The van der Waals surface area contributed by atoms with Crippen LogP contribution in [-0.4, -0.2) is 23.8 Å². The molecule has 0 unspecified atom stereocenters. The molecule has 0 spiro atoms. The van der Waals surface area contributed by atoms with E-state index in [0.29, 0.717) is 17.7 Å². The maximum atomic E-state index is 12.0. The molecule has 22 heavy (non-hydrogen) atoms. The van der Waals surface area contributed by atoms with E-state index in [-0.39, 0.29) is 5.78 Å². The van der Waals surface area contributed by atoms with Gasteiger partial charge < -0.3 is 9.72 Å². The Kier molecular flexibility index (Phi) is 9.28. The normalized spacial score (nSPS) is 10.6. The third-order valence-corrected chi connectivity index (χ3v) is 3.92. The molecule has 0 bridgehead atoms. The van der Waals surface area contributed by atoms with Gasteiger partial charge in [0.05, 0.1) is 7.11 Å². The molecule has 1 aromatic rings. The minimum absolute atomic E-state index is 0.0920. The Hall–Kier alpha value is -1.58. The molecule has 0 amide bonds. The zero-order valence-corrected chi connectivity index (χ0v) is 14.0. The van der Waals surface area contributed by atoms with Gasteiger partial charge in [0, 0.05) is 18.2 Å². The number of carbonyl (C=O) groups excluding carboxylic acids is 2. The summed E-state index contributed by atoms with van der Waals surface area (Å²) in [5.74, 6) is -0.350. The van der Waals surface area contributed by atoms with Crippen LogP contribution in [0.4, 0.5) is 0 Å². The molecule has 0 atom stereocenters. The summed E-state index contributed by atoms with van der Waals surface area (Å²) < 4.78 is 4.61. The topological polar surface area (TPSA) is 59.2 Å². The molecule has 0 aliphatic carbocycles. The Morgan fingerprint density at radius 3 is 2.18 bits per heavy atom. The summed E-state index contributed by atoms with van der Waals surface area (Å²) in [5, 5.41) is 0. The maximum absolute atomic E-state index is 12.0. The average molecular weight is 307 g/mol. The lowest BCUT2D eigenvalue weighted by Crippen LogP contribution is -2.01. The molecule has 0 radical (unpaired) electrons. The lowest BCUT2D eigenvalue weighted by atomic mass is 10.0. The summed E-state index contributed by atoms with van der Waals surface area (Å²) in [6.45, 7) is 2.23. The number of aromatic amines is 1. The fourth-order valence-electron chi connectivity index (χ4n) is 2.52. The first-order chi connectivity index (χ1) is 10.7. The third-order valence-electron chi connectivity index (χ3n) is 3.92. The van der Waals surface area contributed by atoms with Gasteiger partial charge in [0.2, 0.25) is 0 Å². The van der Waals surface area contributed by atoms with E-state index in [0.717, 1.165) is 12.8 Å². The number of unbranched alkanes of at least 4 members (excludes halogenated alkanes) is 8. The average Bonchev–Trinajstić information content (AvgIpc) is 3.02. The standard InChI is InChI=1S/C18H29NO3/c1-3-4-5-6-7-8-9-10-11-12-17(20)15-13-16(19-14-15)18(21)22-2/h13-14,19H,3-12H2,1-2H3. The van der Waals surface area contributed by atoms with Crippen molar-refractivity contribution in [2.45, 2.75) is 71.1 Å². The number of ketones is 1. The van der Waals surface area contributed by atoms with Gasteiger partial charge in [-0.05, 0) is 12.5 Å². The quantitative estimate of drug-likeness (QED) is 0.339. The molecule has 4 heteroatoms. The molecule has 0 saturated heterocycles. The molecule has 0 saturated carbocycles. The summed E-state index contributed by atoms with van der Waals surface area (Å²) >= 11 is 0. The SMILES string of the molecule is CCCCCCCCCCCC(=O)c1c[nH]c(C(=O)OC)c1. The third kappa shape index (κ3) is 6.92. The van der Waals surface area contributed by atoms with E-state index in [2.05, 4.69) is 16.6 Å². The molecule has 1 aromatic heterocycles. The lowest BCUT2D eigenvalue weighted by molar-refractivity contribution is 0.0595.